The quantitative estimate of drug-likeness (QED) is 0.905. The van der Waals surface area contributed by atoms with Crippen LogP contribution in [0.5, 0.6) is 0 Å². The van der Waals surface area contributed by atoms with Gasteiger partial charge in [0.05, 0.1) is 0 Å². The molecule has 0 bridgehead atoms. The van der Waals surface area contributed by atoms with Crippen LogP contribution >= 0.6 is 11.6 Å². The zero-order valence-electron chi connectivity index (χ0n) is 12.9. The zero-order chi connectivity index (χ0) is 15.4. The highest BCUT2D eigenvalue weighted by molar-refractivity contribution is 6.30. The van der Waals surface area contributed by atoms with Gasteiger partial charge in [0.1, 0.15) is 0 Å². The molecule has 1 aromatic carbocycles. The number of carbonyl (C=O) groups excluding carboxylic acids is 1. The second-order valence-corrected chi connectivity index (χ2v) is 6.66. The van der Waals surface area contributed by atoms with Gasteiger partial charge in [0.15, 0.2) is 0 Å². The first-order valence-electron chi connectivity index (χ1n) is 7.78. The number of carbonyl (C=O) groups is 1. The molecule has 116 valence electrons. The number of rotatable bonds is 5. The summed E-state index contributed by atoms with van der Waals surface area (Å²) in [5, 5.41) is 0.712. The summed E-state index contributed by atoms with van der Waals surface area (Å²) < 4.78 is 0. The third-order valence-corrected chi connectivity index (χ3v) is 4.66. The number of halogens is 1. The lowest BCUT2D eigenvalue weighted by molar-refractivity contribution is -0.139. The van der Waals surface area contributed by atoms with Crippen LogP contribution in [0.4, 0.5) is 0 Å². The number of nitrogens with zero attached hydrogens (tertiary/aromatic N) is 1. The second kappa shape index (κ2) is 7.28. The van der Waals surface area contributed by atoms with Crippen LogP contribution in [0.2, 0.25) is 5.02 Å². The van der Waals surface area contributed by atoms with Gasteiger partial charge in [-0.15, -0.1) is 0 Å². The van der Waals surface area contributed by atoms with Crippen LogP contribution in [-0.4, -0.2) is 23.4 Å². The van der Waals surface area contributed by atoms with Crippen LogP contribution in [0.15, 0.2) is 24.3 Å². The van der Waals surface area contributed by atoms with Gasteiger partial charge in [-0.3, -0.25) is 4.79 Å². The maximum absolute atomic E-state index is 12.9. The van der Waals surface area contributed by atoms with E-state index in [0.29, 0.717) is 24.0 Å². The van der Waals surface area contributed by atoms with Gasteiger partial charge < -0.3 is 10.6 Å². The van der Waals surface area contributed by atoms with E-state index in [-0.39, 0.29) is 17.9 Å². The molecule has 21 heavy (non-hydrogen) atoms. The number of hydrogen-bond acceptors (Lipinski definition) is 2. The monoisotopic (exact) mass is 308 g/mol. The number of hydrogen-bond donors (Lipinski definition) is 1. The molecule has 1 aliphatic rings. The van der Waals surface area contributed by atoms with E-state index in [2.05, 4.69) is 13.8 Å². The summed E-state index contributed by atoms with van der Waals surface area (Å²) in [5.74, 6) is 0.688. The highest BCUT2D eigenvalue weighted by Crippen LogP contribution is 2.33. The van der Waals surface area contributed by atoms with Crippen LogP contribution in [0.25, 0.3) is 0 Å². The molecule has 0 aliphatic heterocycles. The zero-order valence-corrected chi connectivity index (χ0v) is 13.6. The van der Waals surface area contributed by atoms with Gasteiger partial charge in [0, 0.05) is 23.5 Å². The van der Waals surface area contributed by atoms with Crippen LogP contribution in [0.3, 0.4) is 0 Å². The van der Waals surface area contributed by atoms with Gasteiger partial charge >= 0.3 is 0 Å². The fraction of sp³-hybridized carbons (Fsp3) is 0.588. The van der Waals surface area contributed by atoms with E-state index in [9.17, 15) is 4.79 Å². The Bertz CT molecular complexity index is 489. The molecule has 2 rings (SSSR count). The van der Waals surface area contributed by atoms with E-state index < -0.39 is 0 Å². The minimum atomic E-state index is 0.0941. The van der Waals surface area contributed by atoms with Crippen molar-refractivity contribution >= 4 is 17.5 Å². The van der Waals surface area contributed by atoms with E-state index in [1.54, 1.807) is 0 Å². The largest absolute Gasteiger partial charge is 0.336 e. The molecular formula is C17H25ClN2O. The smallest absolute Gasteiger partial charge is 0.226 e. The van der Waals surface area contributed by atoms with E-state index in [1.807, 2.05) is 29.2 Å². The molecule has 0 spiro atoms. The predicted octanol–water partition coefficient (Wildman–Crippen LogP) is 3.45. The minimum Gasteiger partial charge on any atom is -0.336 e. The van der Waals surface area contributed by atoms with Crippen LogP contribution in [-0.2, 0) is 11.3 Å². The average molecular weight is 309 g/mol. The Balaban J connectivity index is 2.13. The lowest BCUT2D eigenvalue weighted by atomic mass is 9.94. The molecule has 0 saturated heterocycles. The molecule has 0 aromatic heterocycles. The fourth-order valence-electron chi connectivity index (χ4n) is 3.20. The van der Waals surface area contributed by atoms with E-state index in [4.69, 9.17) is 17.3 Å². The molecule has 1 aromatic rings. The molecule has 2 atom stereocenters. The summed E-state index contributed by atoms with van der Waals surface area (Å²) in [5.41, 5.74) is 6.90. The van der Waals surface area contributed by atoms with E-state index in [1.165, 1.54) is 0 Å². The molecule has 4 heteroatoms. The van der Waals surface area contributed by atoms with E-state index in [0.717, 1.165) is 24.8 Å². The van der Waals surface area contributed by atoms with Gasteiger partial charge in [-0.2, -0.15) is 0 Å². The van der Waals surface area contributed by atoms with Crippen molar-refractivity contribution < 1.29 is 4.79 Å². The second-order valence-electron chi connectivity index (χ2n) is 6.22. The predicted molar refractivity (Wildman–Crippen MR) is 87.0 cm³/mol. The lowest BCUT2D eigenvalue weighted by Gasteiger charge is -2.31. The Morgan fingerprint density at radius 2 is 2.19 bits per heavy atom. The summed E-state index contributed by atoms with van der Waals surface area (Å²) in [4.78, 5) is 14.8. The summed E-state index contributed by atoms with van der Waals surface area (Å²) in [6.07, 6.45) is 3.16. The minimum absolute atomic E-state index is 0.0941. The van der Waals surface area contributed by atoms with E-state index >= 15 is 0 Å². The maximum atomic E-state index is 12.9. The molecule has 0 radical (unpaired) electrons. The van der Waals surface area contributed by atoms with Crippen molar-refractivity contribution in [1.29, 1.82) is 0 Å². The summed E-state index contributed by atoms with van der Waals surface area (Å²) in [7, 11) is 0. The van der Waals surface area contributed by atoms with Crippen LogP contribution in [0.1, 0.15) is 38.7 Å². The lowest BCUT2D eigenvalue weighted by Crippen LogP contribution is -2.42. The molecule has 3 nitrogen and oxygen atoms in total. The number of nitrogens with two attached hydrogens (primary N) is 1. The molecule has 2 N–H and O–H groups in total. The molecule has 1 amide bonds. The molecule has 1 aliphatic carbocycles. The van der Waals surface area contributed by atoms with Gasteiger partial charge in [-0.25, -0.2) is 0 Å². The topological polar surface area (TPSA) is 46.3 Å². The highest BCUT2D eigenvalue weighted by atomic mass is 35.5. The van der Waals surface area contributed by atoms with Gasteiger partial charge in [-0.1, -0.05) is 30.2 Å². The maximum Gasteiger partial charge on any atom is 0.226 e. The first kappa shape index (κ1) is 16.3. The Kier molecular flexibility index (Phi) is 5.65. The summed E-state index contributed by atoms with van der Waals surface area (Å²) >= 11 is 6.04. The Labute approximate surface area is 132 Å². The Hall–Kier alpha value is -1.06. The third-order valence-electron chi connectivity index (χ3n) is 4.43. The van der Waals surface area contributed by atoms with Crippen LogP contribution in [0, 0.1) is 11.8 Å². The fourth-order valence-corrected chi connectivity index (χ4v) is 3.42. The van der Waals surface area contributed by atoms with Crippen molar-refractivity contribution in [2.45, 2.75) is 45.7 Å². The number of amides is 1. The van der Waals surface area contributed by atoms with Gasteiger partial charge in [-0.05, 0) is 56.8 Å². The highest BCUT2D eigenvalue weighted by Gasteiger charge is 2.35. The average Bonchev–Trinajstić information content (AvgIpc) is 2.92. The Morgan fingerprint density at radius 3 is 2.81 bits per heavy atom. The molecule has 0 unspecified atom stereocenters. The van der Waals surface area contributed by atoms with Crippen LogP contribution < -0.4 is 5.73 Å². The van der Waals surface area contributed by atoms with Gasteiger partial charge in [0.2, 0.25) is 5.91 Å². The summed E-state index contributed by atoms with van der Waals surface area (Å²) in [6.45, 7) is 5.36. The van der Waals surface area contributed by atoms with Crippen molar-refractivity contribution in [3.8, 4) is 0 Å². The normalized spacial score (nSPS) is 21.8. The summed E-state index contributed by atoms with van der Waals surface area (Å²) in [6, 6.07) is 7.91. The molecule has 0 heterocycles. The third kappa shape index (κ3) is 3.98. The van der Waals surface area contributed by atoms with Crippen molar-refractivity contribution in [1.82, 2.24) is 4.90 Å². The first-order chi connectivity index (χ1) is 10.0. The standard InChI is InChI=1S/C17H25ClN2O/c1-12(2)20(11-13-5-3-7-15(18)9-13)17(21)16-8-4-6-14(16)10-19/h3,5,7,9,12,14,16H,4,6,8,10-11,19H2,1-2H3/t14-,16-/m1/s1. The van der Waals surface area contributed by atoms with Crippen molar-refractivity contribution in [3.05, 3.63) is 34.9 Å². The first-order valence-corrected chi connectivity index (χ1v) is 8.15. The van der Waals surface area contributed by atoms with Crippen molar-refractivity contribution in [2.75, 3.05) is 6.54 Å². The number of benzene rings is 1. The SMILES string of the molecule is CC(C)N(Cc1cccc(Cl)c1)C(=O)[C@@H]1CCC[C@@H]1CN. The molecule has 1 fully saturated rings. The van der Waals surface area contributed by atoms with Gasteiger partial charge in [0.25, 0.3) is 0 Å². The molecule has 1 saturated carbocycles. The molecular weight excluding hydrogens is 284 g/mol. The van der Waals surface area contributed by atoms with Crippen molar-refractivity contribution in [2.24, 2.45) is 17.6 Å². The Morgan fingerprint density at radius 1 is 1.43 bits per heavy atom. The van der Waals surface area contributed by atoms with Crippen molar-refractivity contribution in [3.63, 3.8) is 0 Å².